The Morgan fingerprint density at radius 3 is 2.67 bits per heavy atom. The van der Waals surface area contributed by atoms with E-state index in [-0.39, 0.29) is 12.5 Å². The van der Waals surface area contributed by atoms with Gasteiger partial charge in [-0.2, -0.15) is 0 Å². The molecule has 1 aromatic carbocycles. The van der Waals surface area contributed by atoms with Gasteiger partial charge >= 0.3 is 0 Å². The monoisotopic (exact) mass is 306 g/mol. The van der Waals surface area contributed by atoms with E-state index < -0.39 is 17.9 Å². The Kier molecular flexibility index (Phi) is 5.01. The number of carbonyl (C=O) groups excluding carboxylic acids is 3. The summed E-state index contributed by atoms with van der Waals surface area (Å²) in [5.41, 5.74) is 1.20. The predicted octanol–water partition coefficient (Wildman–Crippen LogP) is 1.35. The Labute approximate surface area is 128 Å². The molecule has 1 fully saturated rings. The highest BCUT2D eigenvalue weighted by Crippen LogP contribution is 2.20. The molecule has 1 aliphatic rings. The summed E-state index contributed by atoms with van der Waals surface area (Å²) in [6.07, 6.45) is 0.309. The fraction of sp³-hybridized carbons (Fsp3) is 0.400. The zero-order valence-corrected chi connectivity index (χ0v) is 12.9. The molecule has 1 heterocycles. The average Bonchev–Trinajstić information content (AvgIpc) is 2.44. The van der Waals surface area contributed by atoms with Gasteiger partial charge < -0.3 is 4.90 Å². The normalized spacial score (nSPS) is 18.6. The minimum Gasteiger partial charge on any atom is -0.322 e. The van der Waals surface area contributed by atoms with Crippen LogP contribution in [0.15, 0.2) is 29.2 Å². The fourth-order valence-electron chi connectivity index (χ4n) is 2.05. The zero-order chi connectivity index (χ0) is 15.4. The summed E-state index contributed by atoms with van der Waals surface area (Å²) in [4.78, 5) is 37.4. The van der Waals surface area contributed by atoms with E-state index in [0.717, 1.165) is 4.90 Å². The van der Waals surface area contributed by atoms with Crippen LogP contribution in [0.4, 0.5) is 0 Å². The Balaban J connectivity index is 1.85. The number of amides is 3. The Morgan fingerprint density at radius 1 is 1.33 bits per heavy atom. The second-order valence-electron chi connectivity index (χ2n) is 5.02. The van der Waals surface area contributed by atoms with Gasteiger partial charge in [0.05, 0.1) is 0 Å². The first-order valence-electron chi connectivity index (χ1n) is 6.80. The lowest BCUT2D eigenvalue weighted by atomic mass is 10.2. The van der Waals surface area contributed by atoms with E-state index in [9.17, 15) is 14.4 Å². The summed E-state index contributed by atoms with van der Waals surface area (Å²) >= 11 is 1.59. The molecule has 1 aromatic rings. The van der Waals surface area contributed by atoms with Crippen molar-refractivity contribution in [2.75, 3.05) is 12.3 Å². The summed E-state index contributed by atoms with van der Waals surface area (Å²) in [5.74, 6) is -0.366. The fourth-order valence-corrected chi connectivity index (χ4v) is 2.89. The van der Waals surface area contributed by atoms with Crippen LogP contribution in [0.5, 0.6) is 0 Å². The van der Waals surface area contributed by atoms with E-state index >= 15 is 0 Å². The number of thioether (sulfide) groups is 1. The van der Waals surface area contributed by atoms with Crippen molar-refractivity contribution < 1.29 is 14.4 Å². The number of nitrogens with one attached hydrogen (secondary N) is 1. The second-order valence-corrected chi connectivity index (χ2v) is 6.19. The van der Waals surface area contributed by atoms with Crippen molar-refractivity contribution in [1.82, 2.24) is 10.2 Å². The van der Waals surface area contributed by atoms with Crippen LogP contribution in [0, 0.1) is 6.92 Å². The molecule has 1 aliphatic heterocycles. The van der Waals surface area contributed by atoms with Gasteiger partial charge in [-0.05, 0) is 26.0 Å². The molecule has 5 nitrogen and oxygen atoms in total. The maximum Gasteiger partial charge on any atom is 0.249 e. The molecule has 1 N–H and O–H groups in total. The molecule has 1 atom stereocenters. The van der Waals surface area contributed by atoms with Gasteiger partial charge in [-0.3, -0.25) is 19.7 Å². The number of hydrogen-bond donors (Lipinski definition) is 1. The lowest BCUT2D eigenvalue weighted by Gasteiger charge is -2.31. The van der Waals surface area contributed by atoms with Gasteiger partial charge in [0, 0.05) is 17.1 Å². The van der Waals surface area contributed by atoms with Crippen LogP contribution in [0.25, 0.3) is 0 Å². The summed E-state index contributed by atoms with van der Waals surface area (Å²) in [7, 11) is 0. The standard InChI is InChI=1S/C15H18N2O3S/c1-10-3-5-12(6-4-10)21-8-7-14(19)17-9-13(18)16-15(20)11(17)2/h3-6,11H,7-9H2,1-2H3,(H,16,18,20). The third-order valence-corrected chi connectivity index (χ3v) is 4.36. The Bertz CT molecular complexity index is 557. The van der Waals surface area contributed by atoms with E-state index in [1.807, 2.05) is 31.2 Å². The lowest BCUT2D eigenvalue weighted by Crippen LogP contribution is -2.58. The SMILES string of the molecule is Cc1ccc(SCCC(=O)N2CC(=O)NC(=O)C2C)cc1. The van der Waals surface area contributed by atoms with Crippen molar-refractivity contribution in [2.24, 2.45) is 0 Å². The molecule has 0 spiro atoms. The highest BCUT2D eigenvalue weighted by molar-refractivity contribution is 7.99. The van der Waals surface area contributed by atoms with Crippen LogP contribution in [0.1, 0.15) is 18.9 Å². The van der Waals surface area contributed by atoms with Crippen molar-refractivity contribution in [1.29, 1.82) is 0 Å². The molecular weight excluding hydrogens is 288 g/mol. The first-order valence-corrected chi connectivity index (χ1v) is 7.78. The molecule has 0 aliphatic carbocycles. The summed E-state index contributed by atoms with van der Waals surface area (Å²) in [6.45, 7) is 3.62. The van der Waals surface area contributed by atoms with Crippen molar-refractivity contribution in [3.05, 3.63) is 29.8 Å². The number of aryl methyl sites for hydroxylation is 1. The summed E-state index contributed by atoms with van der Waals surface area (Å²) in [5, 5.41) is 2.22. The first kappa shape index (κ1) is 15.6. The molecule has 0 saturated carbocycles. The molecule has 2 rings (SSSR count). The molecule has 1 saturated heterocycles. The summed E-state index contributed by atoms with van der Waals surface area (Å²) < 4.78 is 0. The van der Waals surface area contributed by atoms with Crippen LogP contribution < -0.4 is 5.32 Å². The highest BCUT2D eigenvalue weighted by atomic mass is 32.2. The molecule has 21 heavy (non-hydrogen) atoms. The average molecular weight is 306 g/mol. The number of piperazine rings is 1. The number of hydrogen-bond acceptors (Lipinski definition) is 4. The van der Waals surface area contributed by atoms with Crippen LogP contribution in [0.3, 0.4) is 0 Å². The highest BCUT2D eigenvalue weighted by Gasteiger charge is 2.32. The van der Waals surface area contributed by atoms with Gasteiger partial charge in [0.1, 0.15) is 12.6 Å². The summed E-state index contributed by atoms with van der Waals surface area (Å²) in [6, 6.07) is 7.51. The first-order chi connectivity index (χ1) is 9.97. The predicted molar refractivity (Wildman–Crippen MR) is 80.8 cm³/mol. The van der Waals surface area contributed by atoms with Crippen molar-refractivity contribution in [3.8, 4) is 0 Å². The van der Waals surface area contributed by atoms with Crippen molar-refractivity contribution in [2.45, 2.75) is 31.2 Å². The molecule has 6 heteroatoms. The van der Waals surface area contributed by atoms with Gasteiger partial charge in [0.2, 0.25) is 17.7 Å². The Hall–Kier alpha value is -1.82. The second kappa shape index (κ2) is 6.76. The molecular formula is C15H18N2O3S. The molecule has 1 unspecified atom stereocenters. The van der Waals surface area contributed by atoms with E-state index in [2.05, 4.69) is 5.32 Å². The van der Waals surface area contributed by atoms with E-state index in [4.69, 9.17) is 0 Å². The van der Waals surface area contributed by atoms with Crippen molar-refractivity contribution in [3.63, 3.8) is 0 Å². The number of imide groups is 1. The number of benzene rings is 1. The van der Waals surface area contributed by atoms with Gasteiger partial charge in [-0.1, -0.05) is 17.7 Å². The van der Waals surface area contributed by atoms with Gasteiger partial charge in [0.25, 0.3) is 0 Å². The van der Waals surface area contributed by atoms with Crippen LogP contribution >= 0.6 is 11.8 Å². The van der Waals surface area contributed by atoms with Crippen LogP contribution in [0.2, 0.25) is 0 Å². The maximum absolute atomic E-state index is 12.1. The van der Waals surface area contributed by atoms with Gasteiger partial charge in [-0.25, -0.2) is 0 Å². The maximum atomic E-state index is 12.1. The van der Waals surface area contributed by atoms with Crippen molar-refractivity contribution >= 4 is 29.5 Å². The molecule has 112 valence electrons. The van der Waals surface area contributed by atoms with Gasteiger partial charge in [-0.15, -0.1) is 11.8 Å². The van der Waals surface area contributed by atoms with E-state index in [1.165, 1.54) is 10.5 Å². The third kappa shape index (κ3) is 4.07. The minimum atomic E-state index is -0.584. The largest absolute Gasteiger partial charge is 0.322 e. The zero-order valence-electron chi connectivity index (χ0n) is 12.1. The number of nitrogens with zero attached hydrogens (tertiary/aromatic N) is 1. The molecule has 3 amide bonds. The quantitative estimate of drug-likeness (QED) is 0.673. The smallest absolute Gasteiger partial charge is 0.249 e. The number of carbonyl (C=O) groups is 3. The topological polar surface area (TPSA) is 66.5 Å². The molecule has 0 radical (unpaired) electrons. The van der Waals surface area contributed by atoms with Gasteiger partial charge in [0.15, 0.2) is 0 Å². The Morgan fingerprint density at radius 2 is 2.00 bits per heavy atom. The van der Waals surface area contributed by atoms with Crippen LogP contribution in [-0.4, -0.2) is 41.0 Å². The molecule has 0 aromatic heterocycles. The van der Waals surface area contributed by atoms with E-state index in [1.54, 1.807) is 18.7 Å². The van der Waals surface area contributed by atoms with E-state index in [0.29, 0.717) is 12.2 Å². The van der Waals surface area contributed by atoms with Crippen LogP contribution in [-0.2, 0) is 14.4 Å². The molecule has 0 bridgehead atoms. The minimum absolute atomic E-state index is 0.0407. The number of rotatable bonds is 4. The lowest BCUT2D eigenvalue weighted by molar-refractivity contribution is -0.149. The third-order valence-electron chi connectivity index (χ3n) is 3.35.